The molecule has 4 nitrogen and oxygen atoms in total. The minimum absolute atomic E-state index is 0.0147. The van der Waals surface area contributed by atoms with Gasteiger partial charge in [-0.05, 0) is 38.5 Å². The lowest BCUT2D eigenvalue weighted by atomic mass is 10.0. The van der Waals surface area contributed by atoms with E-state index in [1.165, 1.54) is 128 Å². The number of carboxylic acid groups (broad SMARTS) is 1. The average Bonchev–Trinajstić information content (AvgIpc) is 2.93. The lowest BCUT2D eigenvalue weighted by Crippen LogP contribution is -2.18. The van der Waals surface area contributed by atoms with E-state index in [2.05, 4.69) is 13.8 Å². The molecule has 0 saturated carbocycles. The molecular formula is C36H70O4. The molecule has 0 spiro atoms. The standard InChI is InChI=1S/C36H70O4/c1-3-5-7-8-9-10-11-12-13-14-15-16-17-18-22-25-29-33-36(39)40-34(30-26-6-4-2)31-27-23-20-19-21-24-28-32-35(37)38/h34H,3-33H2,1-2H3,(H,37,38). The van der Waals surface area contributed by atoms with Gasteiger partial charge in [0.2, 0.25) is 0 Å². The molecule has 0 amide bonds. The van der Waals surface area contributed by atoms with Gasteiger partial charge in [0, 0.05) is 12.8 Å². The van der Waals surface area contributed by atoms with Crippen LogP contribution in [-0.4, -0.2) is 23.1 Å². The number of esters is 1. The van der Waals surface area contributed by atoms with Crippen LogP contribution in [0.15, 0.2) is 0 Å². The number of unbranched alkanes of at least 4 members (excludes halogenated alkanes) is 24. The fraction of sp³-hybridized carbons (Fsp3) is 0.944. The first-order valence-corrected chi connectivity index (χ1v) is 18.0. The van der Waals surface area contributed by atoms with Gasteiger partial charge in [0.05, 0.1) is 0 Å². The van der Waals surface area contributed by atoms with Crippen molar-refractivity contribution in [3.63, 3.8) is 0 Å². The van der Waals surface area contributed by atoms with Crippen molar-refractivity contribution in [3.8, 4) is 0 Å². The number of carbonyl (C=O) groups is 2. The van der Waals surface area contributed by atoms with Crippen LogP contribution in [0.2, 0.25) is 0 Å². The fourth-order valence-corrected chi connectivity index (χ4v) is 5.66. The first kappa shape index (κ1) is 38.9. The minimum atomic E-state index is -0.686. The van der Waals surface area contributed by atoms with Gasteiger partial charge in [-0.25, -0.2) is 0 Å². The van der Waals surface area contributed by atoms with E-state index < -0.39 is 5.97 Å². The van der Waals surface area contributed by atoms with Crippen LogP contribution in [0.1, 0.15) is 213 Å². The maximum atomic E-state index is 12.5. The van der Waals surface area contributed by atoms with Gasteiger partial charge in [-0.1, -0.05) is 162 Å². The van der Waals surface area contributed by atoms with Crippen LogP contribution >= 0.6 is 0 Å². The molecule has 40 heavy (non-hydrogen) atoms. The number of carboxylic acids is 1. The van der Waals surface area contributed by atoms with E-state index in [-0.39, 0.29) is 12.1 Å². The van der Waals surface area contributed by atoms with E-state index in [9.17, 15) is 9.59 Å². The van der Waals surface area contributed by atoms with Crippen molar-refractivity contribution in [2.45, 2.75) is 219 Å². The summed E-state index contributed by atoms with van der Waals surface area (Å²) in [5, 5.41) is 8.70. The van der Waals surface area contributed by atoms with Gasteiger partial charge >= 0.3 is 11.9 Å². The Labute approximate surface area is 250 Å². The molecule has 1 atom stereocenters. The molecule has 1 unspecified atom stereocenters. The van der Waals surface area contributed by atoms with E-state index in [1.807, 2.05) is 0 Å². The van der Waals surface area contributed by atoms with E-state index in [1.54, 1.807) is 0 Å². The molecule has 0 radical (unpaired) electrons. The lowest BCUT2D eigenvalue weighted by Gasteiger charge is -2.18. The average molecular weight is 567 g/mol. The second-order valence-electron chi connectivity index (χ2n) is 12.4. The topological polar surface area (TPSA) is 63.6 Å². The second kappa shape index (κ2) is 32.5. The Morgan fingerprint density at radius 3 is 1.15 bits per heavy atom. The Bertz CT molecular complexity index is 533. The zero-order valence-electron chi connectivity index (χ0n) is 27.2. The molecule has 4 heteroatoms. The largest absolute Gasteiger partial charge is 0.481 e. The zero-order chi connectivity index (χ0) is 29.4. The summed E-state index contributed by atoms with van der Waals surface area (Å²) in [6.45, 7) is 4.50. The number of aliphatic carboxylic acids is 1. The predicted octanol–water partition coefficient (Wildman–Crippen LogP) is 12.1. The lowest BCUT2D eigenvalue weighted by molar-refractivity contribution is -0.150. The zero-order valence-corrected chi connectivity index (χ0v) is 27.2. The Hall–Kier alpha value is -1.06. The molecule has 0 bridgehead atoms. The monoisotopic (exact) mass is 567 g/mol. The van der Waals surface area contributed by atoms with Gasteiger partial charge < -0.3 is 9.84 Å². The quantitative estimate of drug-likeness (QED) is 0.0633. The Kier molecular flexibility index (Phi) is 31.6. The minimum Gasteiger partial charge on any atom is -0.481 e. The maximum Gasteiger partial charge on any atom is 0.306 e. The fourth-order valence-electron chi connectivity index (χ4n) is 5.66. The van der Waals surface area contributed by atoms with Crippen LogP contribution in [0.4, 0.5) is 0 Å². The molecule has 0 heterocycles. The number of carbonyl (C=O) groups excluding carboxylic acids is 1. The Morgan fingerprint density at radius 1 is 0.450 bits per heavy atom. The second-order valence-corrected chi connectivity index (χ2v) is 12.4. The van der Waals surface area contributed by atoms with Gasteiger partial charge in [-0.2, -0.15) is 0 Å². The SMILES string of the molecule is CCCCCCCCCCCCCCCCCCCC(=O)OC(CCCCC)CCCCCCCCCC(=O)O. The number of ether oxygens (including phenoxy) is 1. The van der Waals surface area contributed by atoms with Crippen molar-refractivity contribution in [1.82, 2.24) is 0 Å². The van der Waals surface area contributed by atoms with Crippen LogP contribution in [0.3, 0.4) is 0 Å². The number of hydrogen-bond donors (Lipinski definition) is 1. The van der Waals surface area contributed by atoms with Crippen LogP contribution in [0.25, 0.3) is 0 Å². The van der Waals surface area contributed by atoms with Crippen LogP contribution in [0, 0.1) is 0 Å². The summed E-state index contributed by atoms with van der Waals surface area (Å²) in [6, 6.07) is 0. The molecule has 0 aliphatic rings. The third-order valence-electron chi connectivity index (χ3n) is 8.33. The molecule has 0 aromatic rings. The van der Waals surface area contributed by atoms with E-state index in [4.69, 9.17) is 9.84 Å². The highest BCUT2D eigenvalue weighted by Gasteiger charge is 2.14. The molecule has 0 fully saturated rings. The van der Waals surface area contributed by atoms with Gasteiger partial charge in [-0.3, -0.25) is 9.59 Å². The highest BCUT2D eigenvalue weighted by atomic mass is 16.5. The van der Waals surface area contributed by atoms with Crippen molar-refractivity contribution < 1.29 is 19.4 Å². The van der Waals surface area contributed by atoms with Gasteiger partial charge in [0.25, 0.3) is 0 Å². The van der Waals surface area contributed by atoms with E-state index in [0.29, 0.717) is 12.8 Å². The summed E-state index contributed by atoms with van der Waals surface area (Å²) in [5.41, 5.74) is 0. The highest BCUT2D eigenvalue weighted by Crippen LogP contribution is 2.18. The first-order chi connectivity index (χ1) is 19.6. The Morgan fingerprint density at radius 2 is 0.750 bits per heavy atom. The van der Waals surface area contributed by atoms with Crippen LogP contribution in [0.5, 0.6) is 0 Å². The first-order valence-electron chi connectivity index (χ1n) is 18.0. The molecule has 0 aliphatic carbocycles. The molecule has 0 aliphatic heterocycles. The maximum absolute atomic E-state index is 12.5. The molecule has 0 aromatic carbocycles. The summed E-state index contributed by atoms with van der Waals surface area (Å²) in [5.74, 6) is -0.672. The summed E-state index contributed by atoms with van der Waals surface area (Å²) in [7, 11) is 0. The molecule has 0 saturated heterocycles. The van der Waals surface area contributed by atoms with Crippen LogP contribution < -0.4 is 0 Å². The normalized spacial score (nSPS) is 12.1. The van der Waals surface area contributed by atoms with Crippen molar-refractivity contribution in [2.24, 2.45) is 0 Å². The van der Waals surface area contributed by atoms with Crippen molar-refractivity contribution in [3.05, 3.63) is 0 Å². The summed E-state index contributed by atoms with van der Waals surface area (Å²) in [4.78, 5) is 23.0. The summed E-state index contributed by atoms with van der Waals surface area (Å²) in [6.07, 6.45) is 37.2. The smallest absolute Gasteiger partial charge is 0.306 e. The third kappa shape index (κ3) is 31.5. The highest BCUT2D eigenvalue weighted by molar-refractivity contribution is 5.69. The van der Waals surface area contributed by atoms with Crippen LogP contribution in [-0.2, 0) is 14.3 Å². The van der Waals surface area contributed by atoms with E-state index >= 15 is 0 Å². The van der Waals surface area contributed by atoms with Gasteiger partial charge in [0.15, 0.2) is 0 Å². The molecular weight excluding hydrogens is 496 g/mol. The number of rotatable bonds is 33. The van der Waals surface area contributed by atoms with Crippen molar-refractivity contribution >= 4 is 11.9 Å². The molecule has 0 aromatic heterocycles. The molecule has 0 rings (SSSR count). The van der Waals surface area contributed by atoms with Gasteiger partial charge in [0.1, 0.15) is 6.10 Å². The summed E-state index contributed by atoms with van der Waals surface area (Å²) < 4.78 is 5.91. The van der Waals surface area contributed by atoms with Crippen molar-refractivity contribution in [2.75, 3.05) is 0 Å². The third-order valence-corrected chi connectivity index (χ3v) is 8.33. The van der Waals surface area contributed by atoms with Gasteiger partial charge in [-0.15, -0.1) is 0 Å². The summed E-state index contributed by atoms with van der Waals surface area (Å²) >= 11 is 0. The predicted molar refractivity (Wildman–Crippen MR) is 172 cm³/mol. The molecule has 238 valence electrons. The Balaban J connectivity index is 3.66. The van der Waals surface area contributed by atoms with E-state index in [0.717, 1.165) is 57.8 Å². The number of hydrogen-bond acceptors (Lipinski definition) is 3. The van der Waals surface area contributed by atoms with Crippen molar-refractivity contribution in [1.29, 1.82) is 0 Å². The molecule has 1 N–H and O–H groups in total.